The first-order valence-electron chi connectivity index (χ1n) is 7.16. The summed E-state index contributed by atoms with van der Waals surface area (Å²) in [5.41, 5.74) is 0.661. The van der Waals surface area contributed by atoms with Crippen molar-refractivity contribution in [2.24, 2.45) is 0 Å². The standard InChI is InChI=1S/C17H17BrN2O3/c1-2-19-17(22)20-16(21)15(12-7-4-3-5-8-12)23-14-10-6-9-13(18)11-14/h3-11,15H,2H2,1H3,(H2,19,20,21,22)/t15-/m1/s1. The van der Waals surface area contributed by atoms with E-state index in [1.807, 2.05) is 30.3 Å². The fourth-order valence-corrected chi connectivity index (χ4v) is 2.34. The van der Waals surface area contributed by atoms with E-state index in [1.54, 1.807) is 31.2 Å². The van der Waals surface area contributed by atoms with Crippen LogP contribution in [0, 0.1) is 0 Å². The lowest BCUT2D eigenvalue weighted by Gasteiger charge is -2.19. The van der Waals surface area contributed by atoms with Crippen LogP contribution in [0.3, 0.4) is 0 Å². The van der Waals surface area contributed by atoms with E-state index in [4.69, 9.17) is 4.74 Å². The van der Waals surface area contributed by atoms with Gasteiger partial charge in [0.15, 0.2) is 0 Å². The molecule has 0 aliphatic rings. The van der Waals surface area contributed by atoms with E-state index in [0.29, 0.717) is 17.9 Å². The lowest BCUT2D eigenvalue weighted by molar-refractivity contribution is -0.127. The van der Waals surface area contributed by atoms with Crippen molar-refractivity contribution < 1.29 is 14.3 Å². The first-order valence-corrected chi connectivity index (χ1v) is 7.95. The molecular weight excluding hydrogens is 360 g/mol. The van der Waals surface area contributed by atoms with Gasteiger partial charge in [0.2, 0.25) is 6.10 Å². The number of hydrogen-bond donors (Lipinski definition) is 2. The van der Waals surface area contributed by atoms with Crippen LogP contribution in [0.1, 0.15) is 18.6 Å². The summed E-state index contributed by atoms with van der Waals surface area (Å²) in [4.78, 5) is 24.0. The maximum Gasteiger partial charge on any atom is 0.321 e. The summed E-state index contributed by atoms with van der Waals surface area (Å²) in [5.74, 6) is 0.00130. The molecule has 120 valence electrons. The van der Waals surface area contributed by atoms with Gasteiger partial charge >= 0.3 is 6.03 Å². The average Bonchev–Trinajstić information content (AvgIpc) is 2.53. The first kappa shape index (κ1) is 17.0. The highest BCUT2D eigenvalue weighted by molar-refractivity contribution is 9.10. The Labute approximate surface area is 143 Å². The molecule has 23 heavy (non-hydrogen) atoms. The fraction of sp³-hybridized carbons (Fsp3) is 0.176. The molecular formula is C17H17BrN2O3. The Morgan fingerprint density at radius 1 is 1.13 bits per heavy atom. The SMILES string of the molecule is CCNC(=O)NC(=O)[C@H](Oc1cccc(Br)c1)c1ccccc1. The largest absolute Gasteiger partial charge is 0.476 e. The molecule has 3 amide bonds. The molecule has 5 nitrogen and oxygen atoms in total. The highest BCUT2D eigenvalue weighted by Gasteiger charge is 2.24. The third-order valence-electron chi connectivity index (χ3n) is 2.96. The molecule has 0 unspecified atom stereocenters. The second-order valence-corrected chi connectivity index (χ2v) is 5.63. The Morgan fingerprint density at radius 3 is 2.52 bits per heavy atom. The van der Waals surface area contributed by atoms with Crippen molar-refractivity contribution >= 4 is 27.9 Å². The molecule has 0 saturated carbocycles. The quantitative estimate of drug-likeness (QED) is 0.839. The summed E-state index contributed by atoms with van der Waals surface area (Å²) in [6.45, 7) is 2.21. The average molecular weight is 377 g/mol. The van der Waals surface area contributed by atoms with Crippen LogP contribution in [0.15, 0.2) is 59.1 Å². The van der Waals surface area contributed by atoms with E-state index in [2.05, 4.69) is 26.6 Å². The second-order valence-electron chi connectivity index (χ2n) is 4.71. The predicted octanol–water partition coefficient (Wildman–Crippen LogP) is 3.41. The normalized spacial score (nSPS) is 11.4. The van der Waals surface area contributed by atoms with Crippen molar-refractivity contribution in [1.29, 1.82) is 0 Å². The maximum atomic E-state index is 12.4. The molecule has 0 aromatic heterocycles. The third kappa shape index (κ3) is 5.10. The van der Waals surface area contributed by atoms with Crippen LogP contribution in [-0.2, 0) is 4.79 Å². The van der Waals surface area contributed by atoms with Crippen molar-refractivity contribution in [3.05, 3.63) is 64.6 Å². The maximum absolute atomic E-state index is 12.4. The van der Waals surface area contributed by atoms with Gasteiger partial charge in [0.25, 0.3) is 5.91 Å². The van der Waals surface area contributed by atoms with Crippen LogP contribution < -0.4 is 15.4 Å². The van der Waals surface area contributed by atoms with Gasteiger partial charge in [0, 0.05) is 16.6 Å². The van der Waals surface area contributed by atoms with Crippen LogP contribution in [0.5, 0.6) is 5.75 Å². The van der Waals surface area contributed by atoms with E-state index >= 15 is 0 Å². The summed E-state index contributed by atoms with van der Waals surface area (Å²) < 4.78 is 6.64. The fourth-order valence-electron chi connectivity index (χ4n) is 1.96. The predicted molar refractivity (Wildman–Crippen MR) is 91.2 cm³/mol. The van der Waals surface area contributed by atoms with Crippen LogP contribution >= 0.6 is 15.9 Å². The zero-order valence-electron chi connectivity index (χ0n) is 12.6. The number of carbonyl (C=O) groups is 2. The Kier molecular flexibility index (Phi) is 6.17. The van der Waals surface area contributed by atoms with E-state index in [1.165, 1.54) is 0 Å². The molecule has 0 aliphatic heterocycles. The van der Waals surface area contributed by atoms with Gasteiger partial charge < -0.3 is 10.1 Å². The molecule has 0 heterocycles. The smallest absolute Gasteiger partial charge is 0.321 e. The highest BCUT2D eigenvalue weighted by Crippen LogP contribution is 2.24. The number of carbonyl (C=O) groups excluding carboxylic acids is 2. The number of rotatable bonds is 5. The van der Waals surface area contributed by atoms with Gasteiger partial charge in [0.1, 0.15) is 5.75 Å². The molecule has 2 aromatic carbocycles. The van der Waals surface area contributed by atoms with E-state index in [0.717, 1.165) is 4.47 Å². The number of ether oxygens (including phenoxy) is 1. The van der Waals surface area contributed by atoms with Crippen LogP contribution in [-0.4, -0.2) is 18.5 Å². The van der Waals surface area contributed by atoms with Crippen molar-refractivity contribution in [1.82, 2.24) is 10.6 Å². The minimum absolute atomic E-state index is 0.432. The molecule has 0 fully saturated rings. The molecule has 2 aromatic rings. The number of hydrogen-bond acceptors (Lipinski definition) is 3. The summed E-state index contributed by atoms with van der Waals surface area (Å²) in [7, 11) is 0. The minimum Gasteiger partial charge on any atom is -0.476 e. The zero-order valence-corrected chi connectivity index (χ0v) is 14.2. The second kappa shape index (κ2) is 8.33. The Morgan fingerprint density at radius 2 is 1.87 bits per heavy atom. The van der Waals surface area contributed by atoms with Crippen molar-refractivity contribution in [2.75, 3.05) is 6.54 Å². The van der Waals surface area contributed by atoms with E-state index in [9.17, 15) is 9.59 Å². The monoisotopic (exact) mass is 376 g/mol. The molecule has 0 spiro atoms. The van der Waals surface area contributed by atoms with Crippen molar-refractivity contribution in [3.63, 3.8) is 0 Å². The Bertz CT molecular complexity index is 677. The molecule has 0 radical (unpaired) electrons. The summed E-state index contributed by atoms with van der Waals surface area (Å²) >= 11 is 3.36. The first-order chi connectivity index (χ1) is 11.1. The Balaban J connectivity index is 2.22. The molecule has 0 saturated heterocycles. The summed E-state index contributed by atoms with van der Waals surface area (Å²) in [5, 5.41) is 4.81. The van der Waals surface area contributed by atoms with Gasteiger partial charge in [-0.1, -0.05) is 52.3 Å². The molecule has 2 rings (SSSR count). The third-order valence-corrected chi connectivity index (χ3v) is 3.46. The van der Waals surface area contributed by atoms with Gasteiger partial charge in [-0.3, -0.25) is 10.1 Å². The van der Waals surface area contributed by atoms with Crippen LogP contribution in [0.2, 0.25) is 0 Å². The topological polar surface area (TPSA) is 67.4 Å². The number of halogens is 1. The lowest BCUT2D eigenvalue weighted by Crippen LogP contribution is -2.42. The van der Waals surface area contributed by atoms with Gasteiger partial charge in [-0.05, 0) is 25.1 Å². The zero-order chi connectivity index (χ0) is 16.7. The minimum atomic E-state index is -0.923. The molecule has 1 atom stereocenters. The lowest BCUT2D eigenvalue weighted by atomic mass is 10.1. The molecule has 6 heteroatoms. The summed E-state index contributed by atoms with van der Waals surface area (Å²) in [6, 6.07) is 15.7. The highest BCUT2D eigenvalue weighted by atomic mass is 79.9. The van der Waals surface area contributed by atoms with E-state index in [-0.39, 0.29) is 0 Å². The van der Waals surface area contributed by atoms with Gasteiger partial charge in [-0.25, -0.2) is 4.79 Å². The molecule has 2 N–H and O–H groups in total. The summed E-state index contributed by atoms with van der Waals surface area (Å²) in [6.07, 6.45) is -0.923. The van der Waals surface area contributed by atoms with Crippen LogP contribution in [0.4, 0.5) is 4.79 Å². The van der Waals surface area contributed by atoms with Gasteiger partial charge in [-0.2, -0.15) is 0 Å². The number of benzene rings is 2. The van der Waals surface area contributed by atoms with Crippen molar-refractivity contribution in [2.45, 2.75) is 13.0 Å². The van der Waals surface area contributed by atoms with Gasteiger partial charge in [0.05, 0.1) is 0 Å². The number of amides is 3. The molecule has 0 aliphatic carbocycles. The molecule has 0 bridgehead atoms. The van der Waals surface area contributed by atoms with Gasteiger partial charge in [-0.15, -0.1) is 0 Å². The Hall–Kier alpha value is -2.34. The number of nitrogens with one attached hydrogen (secondary N) is 2. The van der Waals surface area contributed by atoms with E-state index < -0.39 is 18.0 Å². The van der Waals surface area contributed by atoms with Crippen LogP contribution in [0.25, 0.3) is 0 Å². The number of urea groups is 1. The van der Waals surface area contributed by atoms with Crippen molar-refractivity contribution in [3.8, 4) is 5.75 Å². The number of imide groups is 1.